The molecule has 17 heavy (non-hydrogen) atoms. The minimum atomic E-state index is -0.194. The maximum atomic E-state index is 11.6. The third kappa shape index (κ3) is 9.12. The molecule has 0 saturated heterocycles. The summed E-state index contributed by atoms with van der Waals surface area (Å²) in [5.74, 6) is 0.0860. The Morgan fingerprint density at radius 1 is 1.24 bits per heavy atom. The van der Waals surface area contributed by atoms with E-state index in [-0.39, 0.29) is 11.9 Å². The SMILES string of the molecule is CCCCOCCOC(=O)C(CN)CC(C)C. The number of ether oxygens (including phenoxy) is 2. The summed E-state index contributed by atoms with van der Waals surface area (Å²) >= 11 is 0. The van der Waals surface area contributed by atoms with Crippen LogP contribution < -0.4 is 5.73 Å². The van der Waals surface area contributed by atoms with E-state index in [1.807, 2.05) is 0 Å². The molecule has 0 heterocycles. The van der Waals surface area contributed by atoms with Crippen molar-refractivity contribution in [3.63, 3.8) is 0 Å². The number of carbonyl (C=O) groups excluding carboxylic acids is 1. The zero-order valence-electron chi connectivity index (χ0n) is 11.4. The topological polar surface area (TPSA) is 61.5 Å². The Bertz CT molecular complexity index is 195. The van der Waals surface area contributed by atoms with E-state index >= 15 is 0 Å². The molecule has 0 aromatic heterocycles. The van der Waals surface area contributed by atoms with Crippen LogP contribution in [0.15, 0.2) is 0 Å². The molecule has 0 aliphatic rings. The number of nitrogens with two attached hydrogens (primary N) is 1. The van der Waals surface area contributed by atoms with Crippen LogP contribution in [0.2, 0.25) is 0 Å². The van der Waals surface area contributed by atoms with E-state index in [4.69, 9.17) is 15.2 Å². The first kappa shape index (κ1) is 16.4. The minimum absolute atomic E-state index is 0.175. The molecule has 0 saturated carbocycles. The summed E-state index contributed by atoms with van der Waals surface area (Å²) in [4.78, 5) is 11.6. The standard InChI is InChI=1S/C13H27NO3/c1-4-5-6-16-7-8-17-13(15)12(10-14)9-11(2)3/h11-12H,4-10,14H2,1-3H3. The van der Waals surface area contributed by atoms with Crippen LogP contribution >= 0.6 is 0 Å². The van der Waals surface area contributed by atoms with Crippen LogP contribution in [-0.4, -0.2) is 32.3 Å². The second kappa shape index (κ2) is 10.5. The van der Waals surface area contributed by atoms with Crippen molar-refractivity contribution in [2.75, 3.05) is 26.4 Å². The minimum Gasteiger partial charge on any atom is -0.463 e. The predicted octanol–water partition coefficient (Wildman–Crippen LogP) is 1.97. The number of carbonyl (C=O) groups is 1. The van der Waals surface area contributed by atoms with Gasteiger partial charge in [0.05, 0.1) is 12.5 Å². The Kier molecular flexibility index (Phi) is 10.2. The quantitative estimate of drug-likeness (QED) is 0.472. The van der Waals surface area contributed by atoms with E-state index in [9.17, 15) is 4.79 Å². The Balaban J connectivity index is 3.61. The zero-order chi connectivity index (χ0) is 13.1. The average molecular weight is 245 g/mol. The van der Waals surface area contributed by atoms with Crippen molar-refractivity contribution in [2.24, 2.45) is 17.6 Å². The van der Waals surface area contributed by atoms with Gasteiger partial charge in [-0.1, -0.05) is 27.2 Å². The van der Waals surface area contributed by atoms with Crippen LogP contribution in [0.5, 0.6) is 0 Å². The van der Waals surface area contributed by atoms with Gasteiger partial charge in [0.1, 0.15) is 6.61 Å². The summed E-state index contributed by atoms with van der Waals surface area (Å²) in [5, 5.41) is 0. The van der Waals surface area contributed by atoms with Crippen molar-refractivity contribution in [3.8, 4) is 0 Å². The van der Waals surface area contributed by atoms with Crippen molar-refractivity contribution in [1.29, 1.82) is 0 Å². The summed E-state index contributed by atoms with van der Waals surface area (Å²) < 4.78 is 10.4. The number of unbranched alkanes of at least 4 members (excludes halogenated alkanes) is 1. The molecule has 1 atom stereocenters. The third-order valence-electron chi connectivity index (χ3n) is 2.49. The fourth-order valence-electron chi connectivity index (χ4n) is 1.53. The molecule has 4 heteroatoms. The summed E-state index contributed by atoms with van der Waals surface area (Å²) in [7, 11) is 0. The average Bonchev–Trinajstić information content (AvgIpc) is 2.30. The predicted molar refractivity (Wildman–Crippen MR) is 68.7 cm³/mol. The largest absolute Gasteiger partial charge is 0.463 e. The second-order valence-electron chi connectivity index (χ2n) is 4.70. The van der Waals surface area contributed by atoms with Gasteiger partial charge in [-0.2, -0.15) is 0 Å². The maximum absolute atomic E-state index is 11.6. The molecule has 0 fully saturated rings. The fraction of sp³-hybridized carbons (Fsp3) is 0.923. The summed E-state index contributed by atoms with van der Waals surface area (Å²) in [6.45, 7) is 8.16. The van der Waals surface area contributed by atoms with Crippen molar-refractivity contribution < 1.29 is 14.3 Å². The molecule has 2 N–H and O–H groups in total. The van der Waals surface area contributed by atoms with Gasteiger partial charge >= 0.3 is 5.97 Å². The molecular weight excluding hydrogens is 218 g/mol. The molecule has 0 rings (SSSR count). The lowest BCUT2D eigenvalue weighted by molar-refractivity contribution is -0.150. The van der Waals surface area contributed by atoms with E-state index in [2.05, 4.69) is 20.8 Å². The Morgan fingerprint density at radius 2 is 1.94 bits per heavy atom. The van der Waals surface area contributed by atoms with Crippen LogP contribution in [0.3, 0.4) is 0 Å². The summed E-state index contributed by atoms with van der Waals surface area (Å²) in [6.07, 6.45) is 2.95. The molecule has 4 nitrogen and oxygen atoms in total. The zero-order valence-corrected chi connectivity index (χ0v) is 11.4. The van der Waals surface area contributed by atoms with Gasteiger partial charge in [-0.25, -0.2) is 0 Å². The van der Waals surface area contributed by atoms with Crippen molar-refractivity contribution >= 4 is 5.97 Å². The molecule has 0 spiro atoms. The van der Waals surface area contributed by atoms with Gasteiger partial charge in [-0.15, -0.1) is 0 Å². The van der Waals surface area contributed by atoms with Crippen LogP contribution in [0, 0.1) is 11.8 Å². The van der Waals surface area contributed by atoms with Gasteiger partial charge in [0.25, 0.3) is 0 Å². The lowest BCUT2D eigenvalue weighted by atomic mass is 9.97. The monoisotopic (exact) mass is 245 g/mol. The molecule has 0 aromatic rings. The van der Waals surface area contributed by atoms with E-state index in [0.29, 0.717) is 25.7 Å². The third-order valence-corrected chi connectivity index (χ3v) is 2.49. The molecule has 0 aliphatic carbocycles. The molecule has 0 aromatic carbocycles. The van der Waals surface area contributed by atoms with E-state index in [1.54, 1.807) is 0 Å². The molecule has 0 radical (unpaired) electrons. The number of hydrogen-bond donors (Lipinski definition) is 1. The first-order valence-corrected chi connectivity index (χ1v) is 6.56. The van der Waals surface area contributed by atoms with E-state index in [0.717, 1.165) is 25.9 Å². The molecule has 0 amide bonds. The highest BCUT2D eigenvalue weighted by atomic mass is 16.6. The smallest absolute Gasteiger partial charge is 0.310 e. The van der Waals surface area contributed by atoms with Crippen molar-refractivity contribution in [2.45, 2.75) is 40.0 Å². The van der Waals surface area contributed by atoms with Gasteiger partial charge in [0.2, 0.25) is 0 Å². The summed E-state index contributed by atoms with van der Waals surface area (Å²) in [5.41, 5.74) is 5.56. The molecule has 102 valence electrons. The molecule has 0 bridgehead atoms. The van der Waals surface area contributed by atoms with Gasteiger partial charge in [-0.3, -0.25) is 4.79 Å². The summed E-state index contributed by atoms with van der Waals surface area (Å²) in [6, 6.07) is 0. The van der Waals surface area contributed by atoms with Crippen LogP contribution in [0.25, 0.3) is 0 Å². The van der Waals surface area contributed by atoms with Gasteiger partial charge in [0, 0.05) is 13.2 Å². The van der Waals surface area contributed by atoms with Crippen LogP contribution in [-0.2, 0) is 14.3 Å². The number of hydrogen-bond acceptors (Lipinski definition) is 4. The van der Waals surface area contributed by atoms with Gasteiger partial charge in [-0.05, 0) is 18.8 Å². The van der Waals surface area contributed by atoms with Crippen molar-refractivity contribution in [3.05, 3.63) is 0 Å². The van der Waals surface area contributed by atoms with Crippen molar-refractivity contribution in [1.82, 2.24) is 0 Å². The molecule has 0 aliphatic heterocycles. The van der Waals surface area contributed by atoms with Crippen LogP contribution in [0.1, 0.15) is 40.0 Å². The lowest BCUT2D eigenvalue weighted by Crippen LogP contribution is -2.28. The Hall–Kier alpha value is -0.610. The lowest BCUT2D eigenvalue weighted by Gasteiger charge is -2.15. The maximum Gasteiger partial charge on any atom is 0.310 e. The van der Waals surface area contributed by atoms with Crippen LogP contribution in [0.4, 0.5) is 0 Å². The highest BCUT2D eigenvalue weighted by Crippen LogP contribution is 2.11. The highest BCUT2D eigenvalue weighted by Gasteiger charge is 2.19. The first-order chi connectivity index (χ1) is 8.11. The Labute approximate surface area is 105 Å². The fourth-order valence-corrected chi connectivity index (χ4v) is 1.53. The Morgan fingerprint density at radius 3 is 2.47 bits per heavy atom. The molecular formula is C13H27NO3. The molecule has 1 unspecified atom stereocenters. The first-order valence-electron chi connectivity index (χ1n) is 6.56. The van der Waals surface area contributed by atoms with Gasteiger partial charge in [0.15, 0.2) is 0 Å². The normalized spacial score (nSPS) is 12.8. The van der Waals surface area contributed by atoms with E-state index in [1.165, 1.54) is 0 Å². The number of esters is 1. The number of rotatable bonds is 10. The van der Waals surface area contributed by atoms with Gasteiger partial charge < -0.3 is 15.2 Å². The highest BCUT2D eigenvalue weighted by molar-refractivity contribution is 5.72. The van der Waals surface area contributed by atoms with E-state index < -0.39 is 0 Å². The second-order valence-corrected chi connectivity index (χ2v) is 4.70.